The normalized spacial score (nSPS) is 12.3. The molecule has 2 aromatic heterocycles. The lowest BCUT2D eigenvalue weighted by molar-refractivity contribution is 0.399. The van der Waals surface area contributed by atoms with Gasteiger partial charge in [-0.15, -0.1) is 0 Å². The molecule has 0 aromatic carbocycles. The summed E-state index contributed by atoms with van der Waals surface area (Å²) in [5.74, 6) is 1.05. The Morgan fingerprint density at radius 1 is 1.31 bits per heavy atom. The predicted octanol–water partition coefficient (Wildman–Crippen LogP) is 3.88. The molecule has 86 valence electrons. The molecule has 0 saturated carbocycles. The lowest BCUT2D eigenvalue weighted by atomic mass is 9.92. The van der Waals surface area contributed by atoms with E-state index >= 15 is 0 Å². The van der Waals surface area contributed by atoms with Gasteiger partial charge in [0.05, 0.1) is 5.52 Å². The van der Waals surface area contributed by atoms with Gasteiger partial charge in [-0.25, -0.2) is 4.98 Å². The second kappa shape index (κ2) is 3.77. The minimum Gasteiger partial charge on any atom is -0.299 e. The fourth-order valence-corrected chi connectivity index (χ4v) is 2.18. The zero-order valence-corrected chi connectivity index (χ0v) is 11.0. The van der Waals surface area contributed by atoms with Crippen LogP contribution in [-0.4, -0.2) is 9.38 Å². The van der Waals surface area contributed by atoms with Crippen molar-refractivity contribution in [1.29, 1.82) is 0 Å². The Bertz CT molecular complexity index is 520. The first-order valence-corrected chi connectivity index (χ1v) is 5.89. The molecule has 0 bridgehead atoms. The molecule has 3 heteroatoms. The molecule has 0 aliphatic heterocycles. The summed E-state index contributed by atoms with van der Waals surface area (Å²) in [4.78, 5) is 4.46. The molecule has 2 aromatic rings. The van der Waals surface area contributed by atoms with Crippen molar-refractivity contribution < 1.29 is 0 Å². The van der Waals surface area contributed by atoms with E-state index in [0.29, 0.717) is 5.15 Å². The fourth-order valence-electron chi connectivity index (χ4n) is 1.93. The molecule has 2 nitrogen and oxygen atoms in total. The summed E-state index contributed by atoms with van der Waals surface area (Å²) in [7, 11) is 0. The maximum atomic E-state index is 6.15. The van der Waals surface area contributed by atoms with E-state index in [0.717, 1.165) is 17.8 Å². The highest BCUT2D eigenvalue weighted by atomic mass is 35.5. The van der Waals surface area contributed by atoms with Crippen LogP contribution >= 0.6 is 11.6 Å². The number of imidazole rings is 1. The number of aryl methyl sites for hydroxylation is 1. The van der Waals surface area contributed by atoms with Crippen LogP contribution in [0, 0.1) is 12.3 Å². The van der Waals surface area contributed by atoms with Crippen LogP contribution in [0.25, 0.3) is 5.52 Å². The third-order valence-electron chi connectivity index (χ3n) is 2.57. The molecule has 0 spiro atoms. The van der Waals surface area contributed by atoms with Crippen molar-refractivity contribution in [3.05, 3.63) is 34.9 Å². The van der Waals surface area contributed by atoms with Crippen LogP contribution in [-0.2, 0) is 6.42 Å². The van der Waals surface area contributed by atoms with E-state index in [-0.39, 0.29) is 5.41 Å². The number of aromatic nitrogens is 2. The molecule has 0 radical (unpaired) electrons. The standard InChI is InChI=1S/C13H17ClN2/c1-9-6-5-7-10-12(14)15-11(16(9)10)8-13(2,3)4/h5-7H,8H2,1-4H3. The summed E-state index contributed by atoms with van der Waals surface area (Å²) in [5.41, 5.74) is 2.39. The van der Waals surface area contributed by atoms with Crippen molar-refractivity contribution in [3.8, 4) is 0 Å². The van der Waals surface area contributed by atoms with Crippen LogP contribution < -0.4 is 0 Å². The fraction of sp³-hybridized carbons (Fsp3) is 0.462. The lowest BCUT2D eigenvalue weighted by Crippen LogP contribution is -2.12. The Morgan fingerprint density at radius 2 is 2.00 bits per heavy atom. The van der Waals surface area contributed by atoms with Gasteiger partial charge in [0.2, 0.25) is 0 Å². The Morgan fingerprint density at radius 3 is 2.62 bits per heavy atom. The van der Waals surface area contributed by atoms with Gasteiger partial charge >= 0.3 is 0 Å². The van der Waals surface area contributed by atoms with E-state index in [1.807, 2.05) is 12.1 Å². The minimum absolute atomic E-state index is 0.215. The lowest BCUT2D eigenvalue weighted by Gasteiger charge is -2.17. The van der Waals surface area contributed by atoms with E-state index < -0.39 is 0 Å². The first-order chi connectivity index (χ1) is 7.38. The second-order valence-electron chi connectivity index (χ2n) is 5.44. The Balaban J connectivity index is 2.62. The van der Waals surface area contributed by atoms with Gasteiger partial charge in [0.25, 0.3) is 0 Å². The Hall–Kier alpha value is -1.02. The van der Waals surface area contributed by atoms with Gasteiger partial charge in [-0.2, -0.15) is 0 Å². The summed E-state index contributed by atoms with van der Waals surface area (Å²) < 4.78 is 2.15. The number of hydrogen-bond acceptors (Lipinski definition) is 1. The third kappa shape index (κ3) is 2.07. The Labute approximate surface area is 101 Å². The van der Waals surface area contributed by atoms with Crippen molar-refractivity contribution in [1.82, 2.24) is 9.38 Å². The van der Waals surface area contributed by atoms with Gasteiger partial charge in [0.1, 0.15) is 5.82 Å². The third-order valence-corrected chi connectivity index (χ3v) is 2.85. The smallest absolute Gasteiger partial charge is 0.155 e. The van der Waals surface area contributed by atoms with Crippen LogP contribution in [0.5, 0.6) is 0 Å². The molecule has 2 rings (SSSR count). The van der Waals surface area contributed by atoms with Crippen molar-refractivity contribution in [2.75, 3.05) is 0 Å². The highest BCUT2D eigenvalue weighted by molar-refractivity contribution is 6.32. The SMILES string of the molecule is Cc1cccc2c(Cl)nc(CC(C)(C)C)n12. The molecule has 0 fully saturated rings. The first kappa shape index (κ1) is 11.5. The number of pyridine rings is 1. The topological polar surface area (TPSA) is 17.3 Å². The van der Waals surface area contributed by atoms with Gasteiger partial charge < -0.3 is 0 Å². The van der Waals surface area contributed by atoms with Gasteiger partial charge in [0.15, 0.2) is 5.15 Å². The van der Waals surface area contributed by atoms with E-state index in [1.54, 1.807) is 0 Å². The van der Waals surface area contributed by atoms with Crippen molar-refractivity contribution in [2.45, 2.75) is 34.1 Å². The molecule has 0 N–H and O–H groups in total. The molecule has 0 aliphatic rings. The van der Waals surface area contributed by atoms with E-state index in [9.17, 15) is 0 Å². The van der Waals surface area contributed by atoms with Gasteiger partial charge in [-0.1, -0.05) is 38.4 Å². The number of fused-ring (bicyclic) bond motifs is 1. The Kier molecular flexibility index (Phi) is 2.70. The first-order valence-electron chi connectivity index (χ1n) is 5.51. The van der Waals surface area contributed by atoms with E-state index in [1.165, 1.54) is 5.69 Å². The number of nitrogens with zero attached hydrogens (tertiary/aromatic N) is 2. The summed E-state index contributed by atoms with van der Waals surface area (Å²) in [6, 6.07) is 6.10. The van der Waals surface area contributed by atoms with Gasteiger partial charge in [-0.05, 0) is 24.5 Å². The second-order valence-corrected chi connectivity index (χ2v) is 5.80. The number of hydrogen-bond donors (Lipinski definition) is 0. The maximum Gasteiger partial charge on any atom is 0.155 e. The number of rotatable bonds is 1. The monoisotopic (exact) mass is 236 g/mol. The van der Waals surface area contributed by atoms with E-state index in [4.69, 9.17) is 11.6 Å². The van der Waals surface area contributed by atoms with Gasteiger partial charge in [0, 0.05) is 12.1 Å². The zero-order valence-electron chi connectivity index (χ0n) is 10.2. The van der Waals surface area contributed by atoms with Crippen LogP contribution in [0.1, 0.15) is 32.3 Å². The van der Waals surface area contributed by atoms with Crippen molar-refractivity contribution in [2.24, 2.45) is 5.41 Å². The molecule has 0 atom stereocenters. The molecule has 0 amide bonds. The largest absolute Gasteiger partial charge is 0.299 e. The van der Waals surface area contributed by atoms with Crippen LogP contribution in [0.4, 0.5) is 0 Å². The molecular formula is C13H17ClN2. The summed E-state index contributed by atoms with van der Waals surface area (Å²) in [6.07, 6.45) is 0.922. The van der Waals surface area contributed by atoms with Crippen molar-refractivity contribution >= 4 is 17.1 Å². The zero-order chi connectivity index (χ0) is 11.9. The highest BCUT2D eigenvalue weighted by Crippen LogP contribution is 2.25. The van der Waals surface area contributed by atoms with E-state index in [2.05, 4.69) is 43.1 Å². The average Bonchev–Trinajstić information content (AvgIpc) is 2.42. The van der Waals surface area contributed by atoms with Crippen molar-refractivity contribution in [3.63, 3.8) is 0 Å². The summed E-state index contributed by atoms with van der Waals surface area (Å²) in [5, 5.41) is 0.600. The number of halogens is 1. The average molecular weight is 237 g/mol. The van der Waals surface area contributed by atoms with Gasteiger partial charge in [-0.3, -0.25) is 4.40 Å². The quantitative estimate of drug-likeness (QED) is 0.735. The molecular weight excluding hydrogens is 220 g/mol. The predicted molar refractivity (Wildman–Crippen MR) is 68.1 cm³/mol. The van der Waals surface area contributed by atoms with Crippen LogP contribution in [0.2, 0.25) is 5.15 Å². The molecule has 0 aliphatic carbocycles. The maximum absolute atomic E-state index is 6.15. The summed E-state index contributed by atoms with van der Waals surface area (Å²) >= 11 is 6.15. The molecule has 0 unspecified atom stereocenters. The molecule has 2 heterocycles. The highest BCUT2D eigenvalue weighted by Gasteiger charge is 2.17. The van der Waals surface area contributed by atoms with Crippen LogP contribution in [0.15, 0.2) is 18.2 Å². The van der Waals surface area contributed by atoms with Crippen LogP contribution in [0.3, 0.4) is 0 Å². The summed E-state index contributed by atoms with van der Waals surface area (Å²) in [6.45, 7) is 8.71. The minimum atomic E-state index is 0.215. The molecule has 16 heavy (non-hydrogen) atoms. The molecule has 0 saturated heterocycles.